The highest BCUT2D eigenvalue weighted by atomic mass is 32.1. The minimum Gasteiger partial charge on any atom is -0.445 e. The first kappa shape index (κ1) is 19.8. The van der Waals surface area contributed by atoms with Gasteiger partial charge in [0.05, 0.1) is 29.2 Å². The predicted molar refractivity (Wildman–Crippen MR) is 110 cm³/mol. The largest absolute Gasteiger partial charge is 0.445 e. The molecule has 0 unspecified atom stereocenters. The Bertz CT molecular complexity index is 996. The van der Waals surface area contributed by atoms with Gasteiger partial charge in [0.15, 0.2) is 5.89 Å². The van der Waals surface area contributed by atoms with Crippen LogP contribution in [0.5, 0.6) is 0 Å². The Morgan fingerprint density at radius 1 is 1.31 bits per heavy atom. The third kappa shape index (κ3) is 4.72. The second kappa shape index (κ2) is 8.45. The molecule has 0 aliphatic carbocycles. The highest BCUT2D eigenvalue weighted by Crippen LogP contribution is 2.28. The summed E-state index contributed by atoms with van der Waals surface area (Å²) in [6, 6.07) is 6.40. The first-order valence-electron chi connectivity index (χ1n) is 9.87. The molecule has 1 atom stereocenters. The lowest BCUT2D eigenvalue weighted by Crippen LogP contribution is -2.40. The summed E-state index contributed by atoms with van der Waals surface area (Å²) in [5.74, 6) is 1.44. The third-order valence-electron chi connectivity index (χ3n) is 5.30. The van der Waals surface area contributed by atoms with Crippen molar-refractivity contribution in [3.8, 4) is 0 Å². The van der Waals surface area contributed by atoms with E-state index in [1.807, 2.05) is 18.7 Å². The molecule has 1 aliphatic heterocycles. The van der Waals surface area contributed by atoms with Crippen LogP contribution in [0.2, 0.25) is 0 Å². The van der Waals surface area contributed by atoms with Crippen LogP contribution in [0.1, 0.15) is 51.6 Å². The van der Waals surface area contributed by atoms with Gasteiger partial charge in [-0.25, -0.2) is 14.4 Å². The molecule has 0 spiro atoms. The number of nitrogens with zero attached hydrogens (tertiary/aromatic N) is 3. The first-order valence-corrected chi connectivity index (χ1v) is 10.7. The minimum absolute atomic E-state index is 0.110. The average molecular weight is 414 g/mol. The van der Waals surface area contributed by atoms with Crippen molar-refractivity contribution in [2.75, 3.05) is 13.1 Å². The third-order valence-corrected chi connectivity index (χ3v) is 6.37. The van der Waals surface area contributed by atoms with Crippen molar-refractivity contribution in [2.45, 2.75) is 45.4 Å². The van der Waals surface area contributed by atoms with E-state index in [1.165, 1.54) is 12.1 Å². The maximum absolute atomic E-state index is 13.1. The molecule has 2 aromatic heterocycles. The molecule has 0 saturated carbocycles. The van der Waals surface area contributed by atoms with Gasteiger partial charge >= 0.3 is 0 Å². The molecule has 1 aliphatic rings. The van der Waals surface area contributed by atoms with Gasteiger partial charge in [-0.3, -0.25) is 4.79 Å². The Balaban J connectivity index is 1.39. The van der Waals surface area contributed by atoms with E-state index in [2.05, 4.69) is 9.97 Å². The van der Waals surface area contributed by atoms with Crippen LogP contribution in [0.15, 0.2) is 34.9 Å². The van der Waals surface area contributed by atoms with E-state index in [1.54, 1.807) is 29.7 Å². The normalized spacial score (nSPS) is 16.9. The number of carbonyl (C=O) groups is 1. The fourth-order valence-corrected chi connectivity index (χ4v) is 4.72. The summed E-state index contributed by atoms with van der Waals surface area (Å²) in [6.45, 7) is 5.33. The number of hydrogen-bond donors (Lipinski definition) is 0. The van der Waals surface area contributed by atoms with Crippen LogP contribution in [0.4, 0.5) is 4.39 Å². The Hall–Kier alpha value is -2.54. The molecule has 0 N–H and O–H groups in total. The molecule has 0 radical (unpaired) electrons. The second-order valence-corrected chi connectivity index (χ2v) is 8.85. The topological polar surface area (TPSA) is 59.2 Å². The van der Waals surface area contributed by atoms with Crippen molar-refractivity contribution >= 4 is 17.2 Å². The Kier molecular flexibility index (Phi) is 5.76. The van der Waals surface area contributed by atoms with Crippen molar-refractivity contribution in [2.24, 2.45) is 0 Å². The SMILES string of the molecule is Cc1nc(C)c(CC(=O)N2CCC[C@@H](c3ncc(Cc4ccc(F)cc4)o3)C2)s1. The molecule has 0 bridgehead atoms. The zero-order chi connectivity index (χ0) is 20.4. The standard InChI is InChI=1S/C22H24FN3O2S/c1-14-20(29-15(2)25-14)11-21(27)26-9-3-4-17(13-26)22-24-12-19(28-22)10-16-5-7-18(23)8-6-16/h5-8,12,17H,3-4,9-11,13H2,1-2H3/t17-/m1/s1. The van der Waals surface area contributed by atoms with Gasteiger partial charge < -0.3 is 9.32 Å². The molecule has 1 fully saturated rings. The number of rotatable bonds is 5. The molecule has 3 aromatic rings. The van der Waals surface area contributed by atoms with Gasteiger partial charge in [0.1, 0.15) is 11.6 Å². The minimum atomic E-state index is -0.248. The number of piperidine rings is 1. The average Bonchev–Trinajstić information content (AvgIpc) is 3.30. The number of likely N-dealkylation sites (tertiary alicyclic amines) is 1. The second-order valence-electron chi connectivity index (χ2n) is 7.57. The fourth-order valence-electron chi connectivity index (χ4n) is 3.79. The molecule has 5 nitrogen and oxygen atoms in total. The summed E-state index contributed by atoms with van der Waals surface area (Å²) in [5, 5.41) is 0.996. The smallest absolute Gasteiger partial charge is 0.227 e. The van der Waals surface area contributed by atoms with Crippen LogP contribution >= 0.6 is 11.3 Å². The first-order chi connectivity index (χ1) is 14.0. The van der Waals surface area contributed by atoms with Crippen LogP contribution in [-0.2, 0) is 17.6 Å². The maximum atomic E-state index is 13.1. The van der Waals surface area contributed by atoms with Crippen molar-refractivity contribution < 1.29 is 13.6 Å². The molecular formula is C22H24FN3O2S. The van der Waals surface area contributed by atoms with E-state index in [4.69, 9.17) is 4.42 Å². The number of aromatic nitrogens is 2. The van der Waals surface area contributed by atoms with Crippen molar-refractivity contribution in [1.82, 2.24) is 14.9 Å². The lowest BCUT2D eigenvalue weighted by atomic mass is 9.97. The van der Waals surface area contributed by atoms with Crippen LogP contribution in [-0.4, -0.2) is 33.9 Å². The highest BCUT2D eigenvalue weighted by molar-refractivity contribution is 7.11. The number of amides is 1. The summed E-state index contributed by atoms with van der Waals surface area (Å²) < 4.78 is 19.0. The fraction of sp³-hybridized carbons (Fsp3) is 0.409. The van der Waals surface area contributed by atoms with Gasteiger partial charge in [0, 0.05) is 24.4 Å². The Labute approximate surface area is 173 Å². The zero-order valence-corrected chi connectivity index (χ0v) is 17.5. The van der Waals surface area contributed by atoms with Gasteiger partial charge in [-0.1, -0.05) is 12.1 Å². The number of hydrogen-bond acceptors (Lipinski definition) is 5. The number of oxazole rings is 1. The molecule has 1 saturated heterocycles. The molecule has 3 heterocycles. The quantitative estimate of drug-likeness (QED) is 0.621. The summed E-state index contributed by atoms with van der Waals surface area (Å²) in [7, 11) is 0. The van der Waals surface area contributed by atoms with Crippen LogP contribution < -0.4 is 0 Å². The highest BCUT2D eigenvalue weighted by Gasteiger charge is 2.28. The monoisotopic (exact) mass is 413 g/mol. The lowest BCUT2D eigenvalue weighted by Gasteiger charge is -2.31. The van der Waals surface area contributed by atoms with Gasteiger partial charge in [-0.05, 0) is 44.4 Å². The predicted octanol–water partition coefficient (Wildman–Crippen LogP) is 4.43. The number of aryl methyl sites for hydroxylation is 2. The van der Waals surface area contributed by atoms with E-state index in [0.29, 0.717) is 25.3 Å². The summed E-state index contributed by atoms with van der Waals surface area (Å²) in [4.78, 5) is 24.7. The number of carbonyl (C=O) groups excluding carboxylic acids is 1. The van der Waals surface area contributed by atoms with E-state index in [0.717, 1.165) is 46.3 Å². The van der Waals surface area contributed by atoms with Crippen LogP contribution in [0, 0.1) is 19.7 Å². The van der Waals surface area contributed by atoms with E-state index >= 15 is 0 Å². The van der Waals surface area contributed by atoms with Crippen molar-refractivity contribution in [3.05, 3.63) is 69.1 Å². The van der Waals surface area contributed by atoms with Crippen LogP contribution in [0.3, 0.4) is 0 Å². The number of thiazole rings is 1. The molecular weight excluding hydrogens is 389 g/mol. The molecule has 1 aromatic carbocycles. The zero-order valence-electron chi connectivity index (χ0n) is 16.7. The number of halogens is 1. The van der Waals surface area contributed by atoms with Crippen molar-refractivity contribution in [3.63, 3.8) is 0 Å². The van der Waals surface area contributed by atoms with Gasteiger partial charge in [-0.15, -0.1) is 11.3 Å². The lowest BCUT2D eigenvalue weighted by molar-refractivity contribution is -0.131. The molecule has 7 heteroatoms. The molecule has 1 amide bonds. The van der Waals surface area contributed by atoms with Gasteiger partial charge in [-0.2, -0.15) is 0 Å². The summed E-state index contributed by atoms with van der Waals surface area (Å²) >= 11 is 1.60. The molecule has 29 heavy (non-hydrogen) atoms. The van der Waals surface area contributed by atoms with Gasteiger partial charge in [0.2, 0.25) is 5.91 Å². The molecule has 4 rings (SSSR count). The Morgan fingerprint density at radius 2 is 2.10 bits per heavy atom. The molecule has 152 valence electrons. The van der Waals surface area contributed by atoms with E-state index in [9.17, 15) is 9.18 Å². The summed E-state index contributed by atoms with van der Waals surface area (Å²) in [5.41, 5.74) is 1.93. The maximum Gasteiger partial charge on any atom is 0.227 e. The van der Waals surface area contributed by atoms with Crippen LogP contribution in [0.25, 0.3) is 0 Å². The van der Waals surface area contributed by atoms with E-state index in [-0.39, 0.29) is 17.6 Å². The summed E-state index contributed by atoms with van der Waals surface area (Å²) in [6.07, 6.45) is 4.62. The van der Waals surface area contributed by atoms with E-state index < -0.39 is 0 Å². The van der Waals surface area contributed by atoms with Gasteiger partial charge in [0.25, 0.3) is 0 Å². The number of benzene rings is 1. The van der Waals surface area contributed by atoms with Crippen molar-refractivity contribution in [1.29, 1.82) is 0 Å². The Morgan fingerprint density at radius 3 is 2.83 bits per heavy atom.